The van der Waals surface area contributed by atoms with Gasteiger partial charge in [-0.15, -0.1) is 5.73 Å². The molecule has 57 heavy (non-hydrogen) atoms. The molecule has 4 N–H and O–H groups in total. The summed E-state index contributed by atoms with van der Waals surface area (Å²) < 4.78 is 23.3. The molecule has 8 bridgehead atoms. The zero-order chi connectivity index (χ0) is 40.2. The Bertz CT molecular complexity index is 2070. The highest BCUT2D eigenvalue weighted by atomic mass is 16.5. The highest BCUT2D eigenvalue weighted by Crippen LogP contribution is 2.26. The summed E-state index contributed by atoms with van der Waals surface area (Å²) in [5, 5.41) is 11.5. The van der Waals surface area contributed by atoms with Crippen LogP contribution >= 0.6 is 0 Å². The summed E-state index contributed by atoms with van der Waals surface area (Å²) in [6.45, 7) is 7.83. The normalized spacial score (nSPS) is 16.0. The van der Waals surface area contributed by atoms with Crippen molar-refractivity contribution >= 4 is 29.2 Å². The van der Waals surface area contributed by atoms with Gasteiger partial charge >= 0.3 is 0 Å². The predicted octanol–water partition coefficient (Wildman–Crippen LogP) is 5.64. The molecule has 4 heterocycles. The summed E-state index contributed by atoms with van der Waals surface area (Å²) in [6, 6.07) is 24.2. The van der Waals surface area contributed by atoms with E-state index in [9.17, 15) is 19.2 Å². The zero-order valence-electron chi connectivity index (χ0n) is 32.2. The number of ether oxygens (including phenoxy) is 4. The molecule has 0 radical (unpaired) electrons. The first-order valence-corrected chi connectivity index (χ1v) is 18.8. The molecule has 4 aromatic rings. The molecule has 12 heteroatoms. The number of allylic oxidation sites excluding steroid dienone is 3. The lowest BCUT2D eigenvalue weighted by molar-refractivity contribution is 0.0931. The zero-order valence-corrected chi connectivity index (χ0v) is 32.2. The van der Waals surface area contributed by atoms with E-state index in [1.807, 2.05) is 32.9 Å². The minimum Gasteiger partial charge on any atom is -0.492 e. The smallest absolute Gasteiger partial charge is 0.251 e. The van der Waals surface area contributed by atoms with Crippen LogP contribution in [-0.4, -0.2) is 76.2 Å². The minimum atomic E-state index is -0.350. The number of carbonyl (C=O) groups is 4. The minimum absolute atomic E-state index is 0.206. The molecule has 0 fully saturated rings. The standard InChI is InChI=1S/C45H46N4O8/c1-45(2,3)36-28-34-27-35(29-36)44(53)49-19-23-57-40-14-10-38(11-15-40)55-21-17-47-42(51)33-25-31(30-6-4-5-7-30)24-32(26-33)41(50)46-16-20-54-37-8-12-39(13-9-37)56-22-18-48-43(34)52/h4-6,8-15,24-29H,16-23H2,1-3H3,(H,46,50)(H,47,51)(H,48,52)(H,49,53). The van der Waals surface area contributed by atoms with Gasteiger partial charge in [-0.1, -0.05) is 26.8 Å². The highest BCUT2D eigenvalue weighted by Gasteiger charge is 2.20. The van der Waals surface area contributed by atoms with Gasteiger partial charge in [0, 0.05) is 27.8 Å². The summed E-state index contributed by atoms with van der Waals surface area (Å²) in [5.41, 5.74) is 6.52. The number of hydrogen-bond acceptors (Lipinski definition) is 8. The summed E-state index contributed by atoms with van der Waals surface area (Å²) >= 11 is 0. The van der Waals surface area contributed by atoms with Gasteiger partial charge in [-0.25, -0.2) is 0 Å². The first-order valence-electron chi connectivity index (χ1n) is 18.8. The summed E-state index contributed by atoms with van der Waals surface area (Å²) in [6.07, 6.45) is 5.48. The molecule has 5 aliphatic rings. The molecule has 0 unspecified atom stereocenters. The Hall–Kier alpha value is -6.78. The number of carbonyl (C=O) groups excluding carboxylic acids is 4. The second-order valence-corrected chi connectivity index (χ2v) is 14.3. The van der Waals surface area contributed by atoms with Gasteiger partial charge in [0.1, 0.15) is 49.4 Å². The van der Waals surface area contributed by atoms with Crippen LogP contribution in [0, 0.1) is 0 Å². The van der Waals surface area contributed by atoms with E-state index in [0.717, 1.165) is 11.1 Å². The summed E-state index contributed by atoms with van der Waals surface area (Å²) in [4.78, 5) is 52.9. The molecule has 0 aromatic heterocycles. The molecule has 12 nitrogen and oxygen atoms in total. The lowest BCUT2D eigenvalue weighted by Gasteiger charge is -2.21. The van der Waals surface area contributed by atoms with Gasteiger partial charge in [0.05, 0.1) is 26.2 Å². The molecule has 0 spiro atoms. The fraction of sp³-hybridized carbons (Fsp3) is 0.267. The summed E-state index contributed by atoms with van der Waals surface area (Å²) in [7, 11) is 0. The van der Waals surface area contributed by atoms with Gasteiger partial charge in [-0.2, -0.15) is 0 Å². The molecule has 0 atom stereocenters. The lowest BCUT2D eigenvalue weighted by Crippen LogP contribution is -2.31. The Kier molecular flexibility index (Phi) is 13.1. The fourth-order valence-corrected chi connectivity index (χ4v) is 5.88. The molecule has 4 aliphatic heterocycles. The van der Waals surface area contributed by atoms with Crippen LogP contribution in [0.5, 0.6) is 23.0 Å². The first kappa shape index (κ1) is 39.9. The SMILES string of the molecule is CC(C)(C)c1cc2cc(c1)C(=O)NCCOc1ccc(cc1)OCCNC(=O)c1cc(cc(C3=C=CC=C3)c1)C(=O)NCCOc1ccc(cc1)OCCNC2=O. The largest absolute Gasteiger partial charge is 0.492 e. The van der Waals surface area contributed by atoms with Gasteiger partial charge in [0.2, 0.25) is 0 Å². The number of rotatable bonds is 1. The average molecular weight is 771 g/mol. The van der Waals surface area contributed by atoms with E-state index in [1.54, 1.807) is 91.0 Å². The maximum Gasteiger partial charge on any atom is 0.251 e. The average Bonchev–Trinajstić information content (AvgIpc) is 3.77. The van der Waals surface area contributed by atoms with Crippen LogP contribution in [0.15, 0.2) is 109 Å². The van der Waals surface area contributed by atoms with Crippen LogP contribution in [0.25, 0.3) is 5.57 Å². The van der Waals surface area contributed by atoms with Crippen LogP contribution < -0.4 is 40.2 Å². The number of benzene rings is 4. The van der Waals surface area contributed by atoms with Crippen molar-refractivity contribution in [3.8, 4) is 23.0 Å². The quantitative estimate of drug-likeness (QED) is 0.182. The topological polar surface area (TPSA) is 153 Å². The molecule has 0 saturated carbocycles. The van der Waals surface area contributed by atoms with E-state index in [0.29, 0.717) is 50.8 Å². The molecule has 0 saturated heterocycles. The molecular weight excluding hydrogens is 725 g/mol. The van der Waals surface area contributed by atoms with Gasteiger partial charge in [-0.05, 0) is 114 Å². The van der Waals surface area contributed by atoms with Crippen LogP contribution in [0.2, 0.25) is 0 Å². The molecule has 1 aliphatic carbocycles. The van der Waals surface area contributed by atoms with Crippen LogP contribution in [-0.2, 0) is 5.41 Å². The third kappa shape index (κ3) is 11.4. The van der Waals surface area contributed by atoms with E-state index in [1.165, 1.54) is 0 Å². The Balaban J connectivity index is 1.14. The molecular formula is C45H46N4O8. The maximum absolute atomic E-state index is 13.2. The van der Waals surface area contributed by atoms with Crippen molar-refractivity contribution in [3.05, 3.63) is 142 Å². The van der Waals surface area contributed by atoms with Crippen molar-refractivity contribution in [3.63, 3.8) is 0 Å². The van der Waals surface area contributed by atoms with Crippen molar-refractivity contribution in [1.29, 1.82) is 0 Å². The highest BCUT2D eigenvalue weighted by molar-refractivity contribution is 6.02. The van der Waals surface area contributed by atoms with Crippen LogP contribution in [0.3, 0.4) is 0 Å². The Labute approximate surface area is 331 Å². The number of hydrogen-bond donors (Lipinski definition) is 4. The Morgan fingerprint density at radius 2 is 0.789 bits per heavy atom. The van der Waals surface area contributed by atoms with Gasteiger partial charge in [0.15, 0.2) is 0 Å². The van der Waals surface area contributed by atoms with Crippen molar-refractivity contribution in [2.24, 2.45) is 0 Å². The van der Waals surface area contributed by atoms with E-state index in [-0.39, 0.29) is 81.7 Å². The first-order chi connectivity index (χ1) is 27.5. The number of amides is 4. The van der Waals surface area contributed by atoms with Crippen molar-refractivity contribution in [2.75, 3.05) is 52.6 Å². The Morgan fingerprint density at radius 3 is 1.09 bits per heavy atom. The molecule has 294 valence electrons. The predicted molar refractivity (Wildman–Crippen MR) is 216 cm³/mol. The monoisotopic (exact) mass is 770 g/mol. The van der Waals surface area contributed by atoms with Gasteiger partial charge in [0.25, 0.3) is 23.6 Å². The van der Waals surface area contributed by atoms with Crippen molar-refractivity contribution in [1.82, 2.24) is 21.3 Å². The second kappa shape index (κ2) is 18.7. The van der Waals surface area contributed by atoms with E-state index in [4.69, 9.17) is 18.9 Å². The van der Waals surface area contributed by atoms with Crippen LogP contribution in [0.4, 0.5) is 0 Å². The van der Waals surface area contributed by atoms with Gasteiger partial charge in [-0.3, -0.25) is 19.2 Å². The van der Waals surface area contributed by atoms with Gasteiger partial charge < -0.3 is 40.2 Å². The summed E-state index contributed by atoms with van der Waals surface area (Å²) in [5.74, 6) is 1.01. The fourth-order valence-electron chi connectivity index (χ4n) is 5.88. The Morgan fingerprint density at radius 1 is 0.474 bits per heavy atom. The number of nitrogens with one attached hydrogen (secondary N) is 4. The second-order valence-electron chi connectivity index (χ2n) is 14.3. The van der Waals surface area contributed by atoms with E-state index < -0.39 is 0 Å². The molecule has 4 aromatic carbocycles. The van der Waals surface area contributed by atoms with Crippen LogP contribution in [0.1, 0.15) is 73.3 Å². The van der Waals surface area contributed by atoms with Crippen molar-refractivity contribution in [2.45, 2.75) is 26.2 Å². The third-order valence-electron chi connectivity index (χ3n) is 8.96. The molecule has 9 rings (SSSR count). The van der Waals surface area contributed by atoms with E-state index >= 15 is 0 Å². The maximum atomic E-state index is 13.2. The third-order valence-corrected chi connectivity index (χ3v) is 8.96. The van der Waals surface area contributed by atoms with E-state index in [2.05, 4.69) is 27.0 Å². The van der Waals surface area contributed by atoms with Crippen molar-refractivity contribution < 1.29 is 38.1 Å². The lowest BCUT2D eigenvalue weighted by atomic mass is 9.85. The molecule has 4 amide bonds.